The summed E-state index contributed by atoms with van der Waals surface area (Å²) in [5, 5.41) is 7.45. The van der Waals surface area contributed by atoms with E-state index in [0.29, 0.717) is 25.4 Å². The molecule has 0 saturated carbocycles. The van der Waals surface area contributed by atoms with Crippen LogP contribution in [0.1, 0.15) is 5.69 Å². The Morgan fingerprint density at radius 3 is 2.71 bits per heavy atom. The van der Waals surface area contributed by atoms with Crippen molar-refractivity contribution in [3.63, 3.8) is 0 Å². The molecule has 5 nitrogen and oxygen atoms in total. The number of hydrogen-bond donors (Lipinski definition) is 1. The molecule has 0 unspecified atom stereocenters. The maximum absolute atomic E-state index is 12.4. The van der Waals surface area contributed by atoms with Gasteiger partial charge in [-0.15, -0.1) is 11.3 Å². The number of benzene rings is 2. The number of rotatable bonds is 6. The van der Waals surface area contributed by atoms with Gasteiger partial charge in [0, 0.05) is 21.7 Å². The lowest BCUT2D eigenvalue weighted by atomic mass is 10.1. The first kappa shape index (κ1) is 22.2. The van der Waals surface area contributed by atoms with Crippen molar-refractivity contribution in [1.82, 2.24) is 14.5 Å². The van der Waals surface area contributed by atoms with E-state index in [-0.39, 0.29) is 11.7 Å². The van der Waals surface area contributed by atoms with Gasteiger partial charge < -0.3 is 5.32 Å². The molecule has 2 aromatic carbocycles. The molecule has 0 spiro atoms. The number of hydrogen-bond acceptors (Lipinski definition) is 5. The van der Waals surface area contributed by atoms with Gasteiger partial charge in [0.25, 0.3) is 0 Å². The number of thiazole rings is 1. The molecule has 1 amide bonds. The summed E-state index contributed by atoms with van der Waals surface area (Å²) >= 11 is 21.3. The Kier molecular flexibility index (Phi) is 6.89. The Morgan fingerprint density at radius 1 is 1.16 bits per heavy atom. The molecule has 0 radical (unpaired) electrons. The molecule has 0 bridgehead atoms. The van der Waals surface area contributed by atoms with E-state index in [0.717, 1.165) is 22.6 Å². The molecule has 1 N–H and O–H groups in total. The average Bonchev–Trinajstić information content (AvgIpc) is 3.34. The molecular formula is C21H15Cl3N4OS2. The Morgan fingerprint density at radius 2 is 2.00 bits per heavy atom. The molecule has 2 heterocycles. The van der Waals surface area contributed by atoms with E-state index in [1.165, 1.54) is 23.1 Å². The van der Waals surface area contributed by atoms with E-state index in [9.17, 15) is 4.79 Å². The topological polar surface area (TPSA) is 59.8 Å². The van der Waals surface area contributed by atoms with Gasteiger partial charge in [0.15, 0.2) is 10.3 Å². The molecule has 0 fully saturated rings. The number of amides is 1. The van der Waals surface area contributed by atoms with Crippen molar-refractivity contribution in [1.29, 1.82) is 0 Å². The molecule has 0 aliphatic heterocycles. The van der Waals surface area contributed by atoms with Crippen molar-refractivity contribution in [2.24, 2.45) is 0 Å². The molecule has 4 aromatic rings. The summed E-state index contributed by atoms with van der Waals surface area (Å²) in [6.45, 7) is 1.88. The van der Waals surface area contributed by atoms with E-state index in [1.807, 2.05) is 41.1 Å². The van der Waals surface area contributed by atoms with Crippen molar-refractivity contribution < 1.29 is 4.79 Å². The van der Waals surface area contributed by atoms with Crippen molar-refractivity contribution in [3.8, 4) is 16.9 Å². The summed E-state index contributed by atoms with van der Waals surface area (Å²) in [5.41, 5.74) is 3.34. The zero-order valence-corrected chi connectivity index (χ0v) is 20.0. The smallest absolute Gasteiger partial charge is 0.236 e. The Balaban J connectivity index is 1.65. The number of nitrogens with zero attached hydrogens (tertiary/aromatic N) is 3. The van der Waals surface area contributed by atoms with Crippen LogP contribution >= 0.6 is 57.9 Å². The van der Waals surface area contributed by atoms with Crippen LogP contribution in [0.2, 0.25) is 15.1 Å². The largest absolute Gasteiger partial charge is 0.301 e. The molecular weight excluding hydrogens is 495 g/mol. The van der Waals surface area contributed by atoms with Gasteiger partial charge in [-0.1, -0.05) is 58.7 Å². The fraction of sp³-hybridized carbons (Fsp3) is 0.0952. The third-order valence-corrected chi connectivity index (χ3v) is 7.01. The molecule has 10 heteroatoms. The van der Waals surface area contributed by atoms with Crippen LogP contribution in [-0.4, -0.2) is 26.2 Å². The lowest BCUT2D eigenvalue weighted by Gasteiger charge is -2.13. The zero-order chi connectivity index (χ0) is 22.0. The average molecular weight is 510 g/mol. The predicted molar refractivity (Wildman–Crippen MR) is 130 cm³/mol. The first-order chi connectivity index (χ1) is 14.9. The standard InChI is InChI=1S/C21H15Cl3N4OS2/c1-12-10-30-20(26-12)27-19(29)11-31-21-25-9-18(13-5-6-16(23)17(24)7-13)28(21)15-4-2-3-14(22)8-15/h2-10H,11H2,1H3,(H,26,27,29). The third kappa shape index (κ3) is 5.25. The summed E-state index contributed by atoms with van der Waals surface area (Å²) in [6.07, 6.45) is 1.74. The van der Waals surface area contributed by atoms with Gasteiger partial charge in [-0.05, 0) is 37.3 Å². The van der Waals surface area contributed by atoms with E-state index >= 15 is 0 Å². The summed E-state index contributed by atoms with van der Waals surface area (Å²) < 4.78 is 1.94. The fourth-order valence-corrected chi connectivity index (χ4v) is 4.84. The number of imidazole rings is 1. The second kappa shape index (κ2) is 9.63. The van der Waals surface area contributed by atoms with Gasteiger partial charge in [0.05, 0.1) is 33.4 Å². The van der Waals surface area contributed by atoms with E-state index in [2.05, 4.69) is 15.3 Å². The second-order valence-corrected chi connectivity index (χ2v) is 9.55. The zero-order valence-electron chi connectivity index (χ0n) is 16.1. The van der Waals surface area contributed by atoms with Crippen LogP contribution in [0.4, 0.5) is 5.13 Å². The number of halogens is 3. The minimum Gasteiger partial charge on any atom is -0.301 e. The highest BCUT2D eigenvalue weighted by molar-refractivity contribution is 7.99. The number of carbonyl (C=O) groups excluding carboxylic acids is 1. The Bertz CT molecular complexity index is 1260. The van der Waals surface area contributed by atoms with E-state index < -0.39 is 0 Å². The minimum atomic E-state index is -0.156. The quantitative estimate of drug-likeness (QED) is 0.284. The van der Waals surface area contributed by atoms with Crippen LogP contribution in [-0.2, 0) is 4.79 Å². The summed E-state index contributed by atoms with van der Waals surface area (Å²) in [5.74, 6) is 0.0212. The van der Waals surface area contributed by atoms with Gasteiger partial charge in [-0.2, -0.15) is 0 Å². The van der Waals surface area contributed by atoms with Crippen LogP contribution in [0, 0.1) is 6.92 Å². The maximum atomic E-state index is 12.4. The Labute approximate surface area is 202 Å². The predicted octanol–water partition coefficient (Wildman–Crippen LogP) is 7.00. The molecule has 0 aliphatic carbocycles. The van der Waals surface area contributed by atoms with Crippen LogP contribution < -0.4 is 5.32 Å². The highest BCUT2D eigenvalue weighted by atomic mass is 35.5. The number of carbonyl (C=O) groups is 1. The number of aromatic nitrogens is 3. The molecule has 0 aliphatic rings. The molecule has 158 valence electrons. The van der Waals surface area contributed by atoms with E-state index in [4.69, 9.17) is 34.8 Å². The van der Waals surface area contributed by atoms with Crippen molar-refractivity contribution >= 4 is 68.9 Å². The summed E-state index contributed by atoms with van der Waals surface area (Å²) in [7, 11) is 0. The lowest BCUT2D eigenvalue weighted by molar-refractivity contribution is -0.113. The molecule has 31 heavy (non-hydrogen) atoms. The maximum Gasteiger partial charge on any atom is 0.236 e. The third-order valence-electron chi connectivity index (χ3n) is 4.21. The molecule has 0 atom stereocenters. The van der Waals surface area contributed by atoms with Crippen LogP contribution in [0.3, 0.4) is 0 Å². The van der Waals surface area contributed by atoms with E-state index in [1.54, 1.807) is 24.4 Å². The lowest BCUT2D eigenvalue weighted by Crippen LogP contribution is -2.14. The van der Waals surface area contributed by atoms with Gasteiger partial charge in [-0.25, -0.2) is 9.97 Å². The number of anilines is 1. The van der Waals surface area contributed by atoms with Crippen LogP contribution in [0.25, 0.3) is 16.9 Å². The monoisotopic (exact) mass is 508 g/mol. The highest BCUT2D eigenvalue weighted by Crippen LogP contribution is 2.34. The number of aryl methyl sites for hydroxylation is 1. The minimum absolute atomic E-state index is 0.156. The normalized spacial score (nSPS) is 11.0. The first-order valence-corrected chi connectivity index (χ1v) is 12.0. The van der Waals surface area contributed by atoms with Gasteiger partial charge in [-0.3, -0.25) is 9.36 Å². The highest BCUT2D eigenvalue weighted by Gasteiger charge is 2.17. The van der Waals surface area contributed by atoms with Crippen LogP contribution in [0.15, 0.2) is 59.2 Å². The number of nitrogens with one attached hydrogen (secondary N) is 1. The van der Waals surface area contributed by atoms with Gasteiger partial charge in [0.2, 0.25) is 5.91 Å². The SMILES string of the molecule is Cc1csc(NC(=O)CSc2ncc(-c3ccc(Cl)c(Cl)c3)n2-c2cccc(Cl)c2)n1. The number of thioether (sulfide) groups is 1. The summed E-state index contributed by atoms with van der Waals surface area (Å²) in [4.78, 5) is 21.2. The molecule has 0 saturated heterocycles. The van der Waals surface area contributed by atoms with Crippen molar-refractivity contribution in [2.45, 2.75) is 12.1 Å². The fourth-order valence-electron chi connectivity index (χ4n) is 2.86. The van der Waals surface area contributed by atoms with Crippen LogP contribution in [0.5, 0.6) is 0 Å². The molecule has 2 aromatic heterocycles. The van der Waals surface area contributed by atoms with Gasteiger partial charge in [0.1, 0.15) is 0 Å². The molecule has 4 rings (SSSR count). The van der Waals surface area contributed by atoms with Crippen molar-refractivity contribution in [2.75, 3.05) is 11.1 Å². The summed E-state index contributed by atoms with van der Waals surface area (Å²) in [6, 6.07) is 12.8. The first-order valence-electron chi connectivity index (χ1n) is 9.04. The van der Waals surface area contributed by atoms with Crippen molar-refractivity contribution in [3.05, 3.63) is 74.8 Å². The second-order valence-electron chi connectivity index (χ2n) is 6.50. The van der Waals surface area contributed by atoms with Gasteiger partial charge >= 0.3 is 0 Å². The Hall–Kier alpha value is -2.03.